The standard InChI is InChI=1S/C20H23FN4O2S/c1-28-18-15(5-4-10-22-18)19(26)25-11-8-14(9-12-25)13-23-20(27)24-17-7-3-2-6-16(17)21/h2-7,10,14H,8-9,11-13H2,1H3,(H2,23,24,27). The normalized spacial score (nSPS) is 14.6. The second kappa shape index (κ2) is 9.54. The average Bonchev–Trinajstić information content (AvgIpc) is 2.74. The summed E-state index contributed by atoms with van der Waals surface area (Å²) in [7, 11) is 0. The van der Waals surface area contributed by atoms with Gasteiger partial charge in [0.2, 0.25) is 0 Å². The molecular weight excluding hydrogens is 379 g/mol. The third-order valence-electron chi connectivity index (χ3n) is 4.77. The number of piperidine rings is 1. The number of benzene rings is 1. The number of aromatic nitrogens is 1. The van der Waals surface area contributed by atoms with Crippen LogP contribution in [0.25, 0.3) is 0 Å². The van der Waals surface area contributed by atoms with Crippen molar-refractivity contribution in [2.24, 2.45) is 5.92 Å². The topological polar surface area (TPSA) is 74.3 Å². The Balaban J connectivity index is 1.46. The van der Waals surface area contributed by atoms with Crippen molar-refractivity contribution in [2.75, 3.05) is 31.2 Å². The molecule has 3 rings (SSSR count). The van der Waals surface area contributed by atoms with E-state index in [1.807, 2.05) is 17.2 Å². The number of para-hydroxylation sites is 1. The highest BCUT2D eigenvalue weighted by Crippen LogP contribution is 2.22. The van der Waals surface area contributed by atoms with Crippen LogP contribution < -0.4 is 10.6 Å². The van der Waals surface area contributed by atoms with Gasteiger partial charge < -0.3 is 15.5 Å². The van der Waals surface area contributed by atoms with Crippen LogP contribution in [0.2, 0.25) is 0 Å². The van der Waals surface area contributed by atoms with E-state index < -0.39 is 11.8 Å². The number of nitrogens with one attached hydrogen (secondary N) is 2. The fraction of sp³-hybridized carbons (Fsp3) is 0.350. The van der Waals surface area contributed by atoms with Crippen molar-refractivity contribution in [1.29, 1.82) is 0 Å². The van der Waals surface area contributed by atoms with Gasteiger partial charge in [0, 0.05) is 25.8 Å². The van der Waals surface area contributed by atoms with E-state index in [-0.39, 0.29) is 17.5 Å². The van der Waals surface area contributed by atoms with Crippen molar-refractivity contribution in [3.05, 3.63) is 54.0 Å². The molecule has 0 spiro atoms. The maximum absolute atomic E-state index is 13.6. The second-order valence-corrected chi connectivity index (χ2v) is 7.41. The Labute approximate surface area is 167 Å². The number of nitrogens with zero attached hydrogens (tertiary/aromatic N) is 2. The summed E-state index contributed by atoms with van der Waals surface area (Å²) in [4.78, 5) is 30.8. The van der Waals surface area contributed by atoms with Crippen molar-refractivity contribution < 1.29 is 14.0 Å². The van der Waals surface area contributed by atoms with E-state index in [0.717, 1.165) is 17.9 Å². The Bertz CT molecular complexity index is 840. The van der Waals surface area contributed by atoms with Gasteiger partial charge in [0.25, 0.3) is 5.91 Å². The van der Waals surface area contributed by atoms with Gasteiger partial charge in [0.05, 0.1) is 11.3 Å². The van der Waals surface area contributed by atoms with Crippen LogP contribution in [0.4, 0.5) is 14.9 Å². The minimum atomic E-state index is -0.468. The van der Waals surface area contributed by atoms with Crippen LogP contribution in [0.3, 0.4) is 0 Å². The number of likely N-dealkylation sites (tertiary alicyclic amines) is 1. The van der Waals surface area contributed by atoms with Crippen LogP contribution in [-0.4, -0.2) is 47.7 Å². The number of hydrogen-bond acceptors (Lipinski definition) is 4. The monoisotopic (exact) mass is 402 g/mol. The predicted octanol–water partition coefficient (Wildman–Crippen LogP) is 3.62. The van der Waals surface area contributed by atoms with Gasteiger partial charge in [-0.05, 0) is 49.3 Å². The Hall–Kier alpha value is -2.61. The summed E-state index contributed by atoms with van der Waals surface area (Å²) >= 11 is 1.46. The predicted molar refractivity (Wildman–Crippen MR) is 108 cm³/mol. The third-order valence-corrected chi connectivity index (χ3v) is 5.48. The van der Waals surface area contributed by atoms with Gasteiger partial charge in [0.1, 0.15) is 10.8 Å². The summed E-state index contributed by atoms with van der Waals surface area (Å²) < 4.78 is 13.6. The van der Waals surface area contributed by atoms with E-state index in [0.29, 0.717) is 25.2 Å². The summed E-state index contributed by atoms with van der Waals surface area (Å²) in [5.41, 5.74) is 0.789. The minimum absolute atomic E-state index is 0.00107. The van der Waals surface area contributed by atoms with Gasteiger partial charge in [-0.25, -0.2) is 14.2 Å². The van der Waals surface area contributed by atoms with Gasteiger partial charge in [-0.1, -0.05) is 12.1 Å². The first-order chi connectivity index (χ1) is 13.6. The third kappa shape index (κ3) is 5.01. The first-order valence-corrected chi connectivity index (χ1v) is 10.4. The number of carbonyl (C=O) groups is 2. The second-order valence-electron chi connectivity index (χ2n) is 6.61. The van der Waals surface area contributed by atoms with Gasteiger partial charge in [-0.15, -0.1) is 11.8 Å². The molecule has 3 amide bonds. The number of urea groups is 1. The van der Waals surface area contributed by atoms with Gasteiger partial charge in [-0.3, -0.25) is 4.79 Å². The molecule has 6 nitrogen and oxygen atoms in total. The molecule has 1 aliphatic heterocycles. The SMILES string of the molecule is CSc1ncccc1C(=O)N1CCC(CNC(=O)Nc2ccccc2F)CC1. The van der Waals surface area contributed by atoms with Crippen molar-refractivity contribution >= 4 is 29.4 Å². The van der Waals surface area contributed by atoms with Crippen LogP contribution in [0.15, 0.2) is 47.6 Å². The number of thioether (sulfide) groups is 1. The van der Waals surface area contributed by atoms with E-state index in [1.54, 1.807) is 24.4 Å². The smallest absolute Gasteiger partial charge is 0.319 e. The molecule has 0 aliphatic carbocycles. The zero-order valence-corrected chi connectivity index (χ0v) is 16.5. The van der Waals surface area contributed by atoms with E-state index in [4.69, 9.17) is 0 Å². The maximum atomic E-state index is 13.6. The van der Waals surface area contributed by atoms with Crippen molar-refractivity contribution in [3.8, 4) is 0 Å². The van der Waals surface area contributed by atoms with Crippen molar-refractivity contribution in [1.82, 2.24) is 15.2 Å². The summed E-state index contributed by atoms with van der Waals surface area (Å²) in [5, 5.41) is 6.04. The average molecular weight is 402 g/mol. The Morgan fingerprint density at radius 2 is 1.96 bits per heavy atom. The Kier molecular flexibility index (Phi) is 6.86. The fourth-order valence-corrected chi connectivity index (χ4v) is 3.73. The van der Waals surface area contributed by atoms with Crippen LogP contribution in [-0.2, 0) is 0 Å². The lowest BCUT2D eigenvalue weighted by molar-refractivity contribution is 0.0686. The molecule has 28 heavy (non-hydrogen) atoms. The van der Waals surface area contributed by atoms with E-state index in [1.165, 1.54) is 23.9 Å². The summed E-state index contributed by atoms with van der Waals surface area (Å²) in [5.74, 6) is -0.185. The number of halogens is 1. The molecule has 1 aromatic heterocycles. The molecule has 8 heteroatoms. The minimum Gasteiger partial charge on any atom is -0.339 e. The molecule has 0 bridgehead atoms. The number of amides is 3. The van der Waals surface area contributed by atoms with E-state index >= 15 is 0 Å². The molecule has 2 heterocycles. The highest BCUT2D eigenvalue weighted by Gasteiger charge is 2.25. The lowest BCUT2D eigenvalue weighted by atomic mass is 9.96. The van der Waals surface area contributed by atoms with Gasteiger partial charge >= 0.3 is 6.03 Å². The summed E-state index contributed by atoms with van der Waals surface area (Å²) in [6.07, 6.45) is 5.21. The number of hydrogen-bond donors (Lipinski definition) is 2. The van der Waals surface area contributed by atoms with Crippen LogP contribution in [0.1, 0.15) is 23.2 Å². The van der Waals surface area contributed by atoms with Crippen LogP contribution in [0, 0.1) is 11.7 Å². The molecule has 0 atom stereocenters. The summed E-state index contributed by atoms with van der Waals surface area (Å²) in [6.45, 7) is 1.77. The molecule has 2 N–H and O–H groups in total. The number of rotatable bonds is 5. The molecule has 0 radical (unpaired) electrons. The zero-order valence-electron chi connectivity index (χ0n) is 15.7. The lowest BCUT2D eigenvalue weighted by Gasteiger charge is -2.32. The van der Waals surface area contributed by atoms with Crippen molar-refractivity contribution in [3.63, 3.8) is 0 Å². The highest BCUT2D eigenvalue weighted by atomic mass is 32.2. The quantitative estimate of drug-likeness (QED) is 0.749. The van der Waals surface area contributed by atoms with Crippen molar-refractivity contribution in [2.45, 2.75) is 17.9 Å². The molecule has 1 aliphatic rings. The van der Waals surface area contributed by atoms with Crippen LogP contribution >= 0.6 is 11.8 Å². The first kappa shape index (κ1) is 20.1. The first-order valence-electron chi connectivity index (χ1n) is 9.16. The number of anilines is 1. The molecule has 1 aromatic carbocycles. The summed E-state index contributed by atoms with van der Waals surface area (Å²) in [6, 6.07) is 9.20. The molecule has 1 fully saturated rings. The zero-order chi connectivity index (χ0) is 19.9. The molecule has 0 saturated carbocycles. The molecular formula is C20H23FN4O2S. The maximum Gasteiger partial charge on any atom is 0.319 e. The Morgan fingerprint density at radius 1 is 1.21 bits per heavy atom. The van der Waals surface area contributed by atoms with Gasteiger partial charge in [0.15, 0.2) is 0 Å². The molecule has 2 aromatic rings. The molecule has 1 saturated heterocycles. The van der Waals surface area contributed by atoms with E-state index in [2.05, 4.69) is 15.6 Å². The lowest BCUT2D eigenvalue weighted by Crippen LogP contribution is -2.42. The molecule has 148 valence electrons. The number of pyridine rings is 1. The fourth-order valence-electron chi connectivity index (χ4n) is 3.19. The number of carbonyl (C=O) groups excluding carboxylic acids is 2. The van der Waals surface area contributed by atoms with Gasteiger partial charge in [-0.2, -0.15) is 0 Å². The molecule has 0 unspecified atom stereocenters. The van der Waals surface area contributed by atoms with E-state index in [9.17, 15) is 14.0 Å². The largest absolute Gasteiger partial charge is 0.339 e. The Morgan fingerprint density at radius 3 is 2.68 bits per heavy atom. The van der Waals surface area contributed by atoms with Crippen LogP contribution in [0.5, 0.6) is 0 Å². The highest BCUT2D eigenvalue weighted by molar-refractivity contribution is 7.98.